The highest BCUT2D eigenvalue weighted by molar-refractivity contribution is 5.42. The Bertz CT molecular complexity index is 696. The number of aliphatic hydroxyl groups is 2. The maximum atomic E-state index is 9.97. The van der Waals surface area contributed by atoms with Gasteiger partial charge >= 0.3 is 0 Å². The zero-order valence-electron chi connectivity index (χ0n) is 15.1. The summed E-state index contributed by atoms with van der Waals surface area (Å²) in [5.41, 5.74) is 1.03. The SMILES string of the molecule is COC1=CC([C@H]2OC[C@H](Cc3ccc(O)c(OC)c3)[C@@H]2CO)CC=C1O. The van der Waals surface area contributed by atoms with Gasteiger partial charge in [0, 0.05) is 18.4 Å². The Kier molecular flexibility index (Phi) is 5.74. The topological polar surface area (TPSA) is 88.4 Å². The van der Waals surface area contributed by atoms with Gasteiger partial charge in [-0.25, -0.2) is 0 Å². The van der Waals surface area contributed by atoms with Gasteiger partial charge in [-0.15, -0.1) is 0 Å². The Labute approximate surface area is 153 Å². The smallest absolute Gasteiger partial charge is 0.160 e. The third kappa shape index (κ3) is 3.66. The second kappa shape index (κ2) is 8.01. The third-order valence-electron chi connectivity index (χ3n) is 5.33. The minimum absolute atomic E-state index is 0.0113. The predicted molar refractivity (Wildman–Crippen MR) is 96.1 cm³/mol. The molecule has 1 heterocycles. The number of rotatable bonds is 6. The quantitative estimate of drug-likeness (QED) is 0.721. The van der Waals surface area contributed by atoms with Crippen LogP contribution in [-0.2, 0) is 15.9 Å². The molecule has 1 aromatic carbocycles. The van der Waals surface area contributed by atoms with Crippen LogP contribution in [0.5, 0.6) is 11.5 Å². The van der Waals surface area contributed by atoms with Gasteiger partial charge in [-0.2, -0.15) is 0 Å². The molecule has 1 unspecified atom stereocenters. The molecular weight excluding hydrogens is 336 g/mol. The first-order chi connectivity index (χ1) is 12.6. The molecule has 1 saturated heterocycles. The first-order valence-corrected chi connectivity index (χ1v) is 8.81. The third-order valence-corrected chi connectivity index (χ3v) is 5.33. The molecule has 3 N–H and O–H groups in total. The first-order valence-electron chi connectivity index (χ1n) is 8.81. The van der Waals surface area contributed by atoms with Crippen molar-refractivity contribution >= 4 is 0 Å². The number of phenolic OH excluding ortho intramolecular Hbond substituents is 1. The zero-order chi connectivity index (χ0) is 18.7. The van der Waals surface area contributed by atoms with Crippen LogP contribution in [0, 0.1) is 17.8 Å². The number of benzene rings is 1. The molecule has 26 heavy (non-hydrogen) atoms. The molecule has 1 fully saturated rings. The summed E-state index contributed by atoms with van der Waals surface area (Å²) in [6.45, 7) is 0.592. The average Bonchev–Trinajstić information content (AvgIpc) is 3.06. The minimum Gasteiger partial charge on any atom is -0.504 e. The number of methoxy groups -OCH3 is 2. The molecule has 142 valence electrons. The van der Waals surface area contributed by atoms with E-state index in [1.165, 1.54) is 14.2 Å². The lowest BCUT2D eigenvalue weighted by Gasteiger charge is -2.28. The van der Waals surface area contributed by atoms with E-state index >= 15 is 0 Å². The molecule has 0 amide bonds. The zero-order valence-corrected chi connectivity index (χ0v) is 15.1. The van der Waals surface area contributed by atoms with Crippen LogP contribution in [0.4, 0.5) is 0 Å². The van der Waals surface area contributed by atoms with Gasteiger partial charge < -0.3 is 29.5 Å². The molecule has 6 nitrogen and oxygen atoms in total. The predicted octanol–water partition coefficient (Wildman–Crippen LogP) is 2.56. The summed E-state index contributed by atoms with van der Waals surface area (Å²) in [4.78, 5) is 0. The fraction of sp³-hybridized carbons (Fsp3) is 0.500. The van der Waals surface area contributed by atoms with Crippen molar-refractivity contribution in [2.24, 2.45) is 17.8 Å². The van der Waals surface area contributed by atoms with Crippen LogP contribution in [0.15, 0.2) is 41.9 Å². The van der Waals surface area contributed by atoms with E-state index < -0.39 is 0 Å². The van der Waals surface area contributed by atoms with E-state index in [-0.39, 0.29) is 42.0 Å². The molecule has 0 spiro atoms. The molecule has 0 aromatic heterocycles. The molecule has 0 saturated carbocycles. The van der Waals surface area contributed by atoms with Gasteiger partial charge in [0.05, 0.1) is 26.9 Å². The van der Waals surface area contributed by atoms with Crippen molar-refractivity contribution in [3.05, 3.63) is 47.4 Å². The van der Waals surface area contributed by atoms with Gasteiger partial charge in [-0.3, -0.25) is 0 Å². The summed E-state index contributed by atoms with van der Waals surface area (Å²) in [5.74, 6) is 1.36. The molecule has 1 aliphatic heterocycles. The van der Waals surface area contributed by atoms with Crippen LogP contribution < -0.4 is 4.74 Å². The van der Waals surface area contributed by atoms with E-state index in [0.717, 1.165) is 12.0 Å². The van der Waals surface area contributed by atoms with Crippen molar-refractivity contribution in [1.82, 2.24) is 0 Å². The van der Waals surface area contributed by atoms with E-state index in [1.54, 1.807) is 12.1 Å². The van der Waals surface area contributed by atoms with Crippen LogP contribution in [0.3, 0.4) is 0 Å². The Morgan fingerprint density at radius 1 is 1.19 bits per heavy atom. The van der Waals surface area contributed by atoms with Crippen LogP contribution in [-0.4, -0.2) is 48.9 Å². The molecule has 1 aromatic rings. The number of allylic oxidation sites excluding steroid dienone is 1. The molecule has 2 aliphatic rings. The van der Waals surface area contributed by atoms with E-state index in [1.807, 2.05) is 18.2 Å². The number of aliphatic hydroxyl groups excluding tert-OH is 2. The molecule has 1 aliphatic carbocycles. The largest absolute Gasteiger partial charge is 0.504 e. The summed E-state index contributed by atoms with van der Waals surface area (Å²) in [6.07, 6.45) is 4.87. The minimum atomic E-state index is -0.126. The molecular formula is C20H26O6. The number of hydrogen-bond donors (Lipinski definition) is 3. The standard InChI is InChI=1S/C20H26O6/c1-24-18-8-12(3-5-16(18)22)7-14-11-26-20(15(14)10-21)13-4-6-17(23)19(9-13)25-2/h3,5-6,8-9,13-15,20-23H,4,7,10-11H2,1-2H3/t13?,14-,15-,20+/m0/s1. The van der Waals surface area contributed by atoms with E-state index in [0.29, 0.717) is 24.5 Å². The lowest BCUT2D eigenvalue weighted by atomic mass is 9.80. The highest BCUT2D eigenvalue weighted by atomic mass is 16.5. The van der Waals surface area contributed by atoms with Gasteiger partial charge in [0.1, 0.15) is 0 Å². The average molecular weight is 362 g/mol. The summed E-state index contributed by atoms with van der Waals surface area (Å²) < 4.78 is 16.4. The lowest BCUT2D eigenvalue weighted by molar-refractivity contribution is 0.0397. The van der Waals surface area contributed by atoms with Gasteiger partial charge in [0.2, 0.25) is 0 Å². The summed E-state index contributed by atoms with van der Waals surface area (Å²) >= 11 is 0. The van der Waals surface area contributed by atoms with Crippen molar-refractivity contribution in [1.29, 1.82) is 0 Å². The molecule has 6 heteroatoms. The lowest BCUT2D eigenvalue weighted by Crippen LogP contribution is -2.32. The van der Waals surface area contributed by atoms with E-state index in [9.17, 15) is 15.3 Å². The maximum Gasteiger partial charge on any atom is 0.160 e. The molecule has 0 radical (unpaired) electrons. The highest BCUT2D eigenvalue weighted by Crippen LogP contribution is 2.38. The molecule has 0 bridgehead atoms. The molecule has 4 atom stereocenters. The fourth-order valence-electron chi connectivity index (χ4n) is 3.90. The summed E-state index contributed by atoms with van der Waals surface area (Å²) in [6, 6.07) is 5.31. The Hall–Kier alpha value is -2.18. The van der Waals surface area contributed by atoms with Crippen LogP contribution in [0.1, 0.15) is 12.0 Å². The van der Waals surface area contributed by atoms with Crippen molar-refractivity contribution in [2.75, 3.05) is 27.4 Å². The van der Waals surface area contributed by atoms with E-state index in [4.69, 9.17) is 14.2 Å². The van der Waals surface area contributed by atoms with Crippen molar-refractivity contribution in [2.45, 2.75) is 18.9 Å². The van der Waals surface area contributed by atoms with E-state index in [2.05, 4.69) is 0 Å². The van der Waals surface area contributed by atoms with Crippen LogP contribution in [0.25, 0.3) is 0 Å². The Balaban J connectivity index is 1.73. The summed E-state index contributed by atoms with van der Waals surface area (Å²) in [5, 5.41) is 29.5. The summed E-state index contributed by atoms with van der Waals surface area (Å²) in [7, 11) is 3.05. The maximum absolute atomic E-state index is 9.97. The number of phenols is 1. The second-order valence-corrected chi connectivity index (χ2v) is 6.84. The fourth-order valence-corrected chi connectivity index (χ4v) is 3.90. The normalized spacial score (nSPS) is 28.4. The van der Waals surface area contributed by atoms with Crippen molar-refractivity contribution in [3.63, 3.8) is 0 Å². The molecule has 3 rings (SSSR count). The number of hydrogen-bond acceptors (Lipinski definition) is 6. The van der Waals surface area contributed by atoms with Gasteiger partial charge in [0.25, 0.3) is 0 Å². The van der Waals surface area contributed by atoms with Gasteiger partial charge in [0.15, 0.2) is 23.0 Å². The van der Waals surface area contributed by atoms with Crippen LogP contribution >= 0.6 is 0 Å². The van der Waals surface area contributed by atoms with Gasteiger partial charge in [-0.1, -0.05) is 6.07 Å². The van der Waals surface area contributed by atoms with Crippen molar-refractivity contribution < 1.29 is 29.5 Å². The number of ether oxygens (including phenoxy) is 3. The van der Waals surface area contributed by atoms with Gasteiger partial charge in [-0.05, 0) is 48.6 Å². The Morgan fingerprint density at radius 2 is 2.00 bits per heavy atom. The van der Waals surface area contributed by atoms with Crippen molar-refractivity contribution in [3.8, 4) is 11.5 Å². The number of aromatic hydroxyl groups is 1. The monoisotopic (exact) mass is 362 g/mol. The van der Waals surface area contributed by atoms with Crippen LogP contribution in [0.2, 0.25) is 0 Å². The highest BCUT2D eigenvalue weighted by Gasteiger charge is 2.41. The Morgan fingerprint density at radius 3 is 2.69 bits per heavy atom. The second-order valence-electron chi connectivity index (χ2n) is 6.84. The first kappa shape index (κ1) is 18.6.